The summed E-state index contributed by atoms with van der Waals surface area (Å²) < 4.78 is 1.23. The van der Waals surface area contributed by atoms with Crippen LogP contribution in [0.1, 0.15) is 69.9 Å². The third-order valence-electron chi connectivity index (χ3n) is 9.30. The minimum atomic E-state index is -1.29. The number of H-pyrrole nitrogens is 1. The highest BCUT2D eigenvalue weighted by Gasteiger charge is 2.40. The molecule has 2 bridgehead atoms. The van der Waals surface area contributed by atoms with Crippen LogP contribution < -0.4 is 26.8 Å². The maximum atomic E-state index is 13.5. The number of benzene rings is 1. The van der Waals surface area contributed by atoms with Gasteiger partial charge in [-0.2, -0.15) is 0 Å². The highest BCUT2D eigenvalue weighted by Crippen LogP contribution is 2.44. The lowest BCUT2D eigenvalue weighted by Gasteiger charge is -2.46. The van der Waals surface area contributed by atoms with Crippen molar-refractivity contribution < 1.29 is 24.0 Å². The van der Waals surface area contributed by atoms with Gasteiger partial charge in [-0.15, -0.1) is 0 Å². The van der Waals surface area contributed by atoms with Crippen molar-refractivity contribution in [1.29, 1.82) is 0 Å². The number of fused-ring (bicyclic) bond motifs is 3. The lowest BCUT2D eigenvalue weighted by Crippen LogP contribution is -2.51. The highest BCUT2D eigenvalue weighted by molar-refractivity contribution is 6.36. The number of aromatic amines is 1. The SMILES string of the molecule is CCNC(=O)C(=O)CCC(NC(=O)c1nc2ccccc2[nH]1)C(=O)Nc1cccn(CC(=O)NC2C(C)CC3CC(C)CC2C3)c1=O. The van der Waals surface area contributed by atoms with Crippen molar-refractivity contribution in [1.82, 2.24) is 30.5 Å². The molecule has 6 unspecified atom stereocenters. The molecule has 5 rings (SSSR count). The van der Waals surface area contributed by atoms with Gasteiger partial charge >= 0.3 is 0 Å². The number of ketones is 1. The summed E-state index contributed by atoms with van der Waals surface area (Å²) >= 11 is 0. The van der Waals surface area contributed by atoms with Crippen LogP contribution in [0.15, 0.2) is 47.4 Å². The van der Waals surface area contributed by atoms with Gasteiger partial charge in [-0.25, -0.2) is 4.98 Å². The van der Waals surface area contributed by atoms with Gasteiger partial charge in [0.15, 0.2) is 5.82 Å². The second-order valence-electron chi connectivity index (χ2n) is 13.0. The maximum Gasteiger partial charge on any atom is 0.287 e. The molecule has 13 nitrogen and oxygen atoms in total. The van der Waals surface area contributed by atoms with Crippen LogP contribution >= 0.6 is 0 Å². The molecule has 250 valence electrons. The molecule has 0 saturated heterocycles. The molecule has 0 spiro atoms. The quantitative estimate of drug-likeness (QED) is 0.187. The maximum absolute atomic E-state index is 13.5. The van der Waals surface area contributed by atoms with Crippen LogP contribution in [0, 0.1) is 23.7 Å². The molecule has 1 aromatic carbocycles. The lowest BCUT2D eigenvalue weighted by molar-refractivity contribution is -0.138. The fourth-order valence-corrected chi connectivity index (χ4v) is 7.25. The number of rotatable bonds is 12. The molecule has 47 heavy (non-hydrogen) atoms. The number of Topliss-reactive ketones (excluding diaryl/α,β-unsaturated/α-hetero) is 1. The molecule has 2 aliphatic rings. The van der Waals surface area contributed by atoms with Crippen LogP contribution in [-0.4, -0.2) is 62.6 Å². The molecule has 2 aliphatic carbocycles. The number of hydrogen-bond acceptors (Lipinski definition) is 7. The minimum Gasteiger partial charge on any atom is -0.351 e. The third-order valence-corrected chi connectivity index (χ3v) is 9.30. The summed E-state index contributed by atoms with van der Waals surface area (Å²) in [7, 11) is 0. The molecule has 6 atom stereocenters. The van der Waals surface area contributed by atoms with Crippen LogP contribution in [0.5, 0.6) is 0 Å². The first-order valence-corrected chi connectivity index (χ1v) is 16.4. The van der Waals surface area contributed by atoms with Crippen molar-refractivity contribution in [3.8, 4) is 0 Å². The Balaban J connectivity index is 1.27. The van der Waals surface area contributed by atoms with Gasteiger partial charge in [-0.05, 0) is 87.0 Å². The Morgan fingerprint density at radius 2 is 1.81 bits per heavy atom. The van der Waals surface area contributed by atoms with Gasteiger partial charge in [0.2, 0.25) is 17.6 Å². The summed E-state index contributed by atoms with van der Waals surface area (Å²) in [5, 5.41) is 10.7. The summed E-state index contributed by atoms with van der Waals surface area (Å²) in [5.41, 5.74) is 0.474. The van der Waals surface area contributed by atoms with Crippen LogP contribution in [0.25, 0.3) is 11.0 Å². The Labute approximate surface area is 272 Å². The van der Waals surface area contributed by atoms with E-state index in [1.54, 1.807) is 37.3 Å². The molecule has 2 fully saturated rings. The van der Waals surface area contributed by atoms with Gasteiger partial charge in [-0.3, -0.25) is 28.8 Å². The van der Waals surface area contributed by atoms with E-state index in [2.05, 4.69) is 45.1 Å². The van der Waals surface area contributed by atoms with Crippen LogP contribution in [-0.2, 0) is 25.7 Å². The summed E-state index contributed by atoms with van der Waals surface area (Å²) in [6, 6.07) is 8.73. The van der Waals surface area contributed by atoms with Crippen molar-refractivity contribution in [2.24, 2.45) is 23.7 Å². The number of aromatic nitrogens is 3. The zero-order valence-electron chi connectivity index (χ0n) is 27.0. The molecule has 4 amide bonds. The topological polar surface area (TPSA) is 184 Å². The van der Waals surface area contributed by atoms with Crippen LogP contribution in [0.2, 0.25) is 0 Å². The normalized spacial score (nSPS) is 22.6. The highest BCUT2D eigenvalue weighted by atomic mass is 16.2. The number of amides is 4. The van der Waals surface area contributed by atoms with E-state index in [-0.39, 0.29) is 49.4 Å². The second kappa shape index (κ2) is 14.7. The smallest absolute Gasteiger partial charge is 0.287 e. The molecule has 0 aliphatic heterocycles. The predicted molar refractivity (Wildman–Crippen MR) is 175 cm³/mol. The molecule has 0 radical (unpaired) electrons. The number of imidazole rings is 1. The zero-order valence-corrected chi connectivity index (χ0v) is 27.0. The van der Waals surface area contributed by atoms with E-state index in [9.17, 15) is 28.8 Å². The van der Waals surface area contributed by atoms with E-state index in [4.69, 9.17) is 0 Å². The lowest BCUT2D eigenvalue weighted by atomic mass is 9.63. The average Bonchev–Trinajstić information content (AvgIpc) is 3.47. The number of nitrogens with one attached hydrogen (secondary N) is 5. The molecule has 2 saturated carbocycles. The van der Waals surface area contributed by atoms with Crippen molar-refractivity contribution in [3.05, 3.63) is 58.8 Å². The number of para-hydroxylation sites is 2. The summed E-state index contributed by atoms with van der Waals surface area (Å²) in [6.07, 6.45) is 5.45. The fraction of sp³-hybridized carbons (Fsp3) is 0.500. The molecular weight excluding hydrogens is 602 g/mol. The van der Waals surface area contributed by atoms with E-state index in [0.717, 1.165) is 19.3 Å². The Hall–Kier alpha value is -4.81. The largest absolute Gasteiger partial charge is 0.351 e. The summed E-state index contributed by atoms with van der Waals surface area (Å²) in [4.78, 5) is 84.6. The number of nitrogens with zero attached hydrogens (tertiary/aromatic N) is 2. The van der Waals surface area contributed by atoms with Crippen molar-refractivity contribution in [2.75, 3.05) is 11.9 Å². The predicted octanol–water partition coefficient (Wildman–Crippen LogP) is 2.52. The van der Waals surface area contributed by atoms with E-state index in [1.165, 1.54) is 23.3 Å². The van der Waals surface area contributed by atoms with Crippen molar-refractivity contribution in [2.45, 2.75) is 77.9 Å². The number of carbonyl (C=O) groups is 5. The standard InChI is InChI=1S/C34H43N7O6/c1-4-35-32(45)27(42)12-11-25(38-33(46)30-36-23-8-5-6-9-24(23)37-30)31(44)39-26-10-7-13-41(34(26)47)18-28(43)40-29-20(3)16-21-14-19(2)15-22(29)17-21/h5-10,13,19-22,25,29H,4,11-12,14-18H2,1-3H3,(H,35,45)(H,36,37)(H,38,46)(H,39,44)(H,40,43). The second-order valence-corrected chi connectivity index (χ2v) is 13.0. The Morgan fingerprint density at radius 1 is 1.02 bits per heavy atom. The van der Waals surface area contributed by atoms with E-state index < -0.39 is 35.1 Å². The molecule has 2 heterocycles. The van der Waals surface area contributed by atoms with Crippen molar-refractivity contribution >= 4 is 46.1 Å². The monoisotopic (exact) mass is 645 g/mol. The van der Waals surface area contributed by atoms with E-state index in [0.29, 0.717) is 34.7 Å². The molecule has 13 heteroatoms. The Morgan fingerprint density at radius 3 is 2.57 bits per heavy atom. The minimum absolute atomic E-state index is 0.0439. The molecular formula is C34H43N7O6. The zero-order chi connectivity index (χ0) is 33.7. The van der Waals surface area contributed by atoms with E-state index >= 15 is 0 Å². The first-order valence-electron chi connectivity index (χ1n) is 16.4. The molecule has 5 N–H and O–H groups in total. The number of pyridine rings is 1. The molecule has 3 aromatic rings. The first kappa shape index (κ1) is 33.6. The van der Waals surface area contributed by atoms with Gasteiger partial charge in [0, 0.05) is 25.2 Å². The summed E-state index contributed by atoms with van der Waals surface area (Å²) in [5.74, 6) is -1.22. The van der Waals surface area contributed by atoms with Crippen LogP contribution in [0.3, 0.4) is 0 Å². The van der Waals surface area contributed by atoms with Gasteiger partial charge in [0.05, 0.1) is 11.0 Å². The number of carbonyl (C=O) groups excluding carboxylic acids is 5. The molecule has 2 aromatic heterocycles. The van der Waals surface area contributed by atoms with E-state index in [1.807, 2.05) is 0 Å². The Kier molecular flexibility index (Phi) is 10.5. The van der Waals surface area contributed by atoms with Crippen molar-refractivity contribution in [3.63, 3.8) is 0 Å². The average molecular weight is 646 g/mol. The van der Waals surface area contributed by atoms with Gasteiger partial charge in [0.25, 0.3) is 17.4 Å². The fourth-order valence-electron chi connectivity index (χ4n) is 7.25. The summed E-state index contributed by atoms with van der Waals surface area (Å²) in [6.45, 7) is 6.16. The third kappa shape index (κ3) is 8.13. The number of hydrogen-bond donors (Lipinski definition) is 5. The van der Waals surface area contributed by atoms with Gasteiger partial charge in [0.1, 0.15) is 18.3 Å². The number of anilines is 1. The van der Waals surface area contributed by atoms with Gasteiger partial charge < -0.3 is 30.8 Å². The number of likely N-dealkylation sites (N-methyl/N-ethyl adjacent to an activating group) is 1. The Bertz CT molecular complexity index is 1680. The van der Waals surface area contributed by atoms with Gasteiger partial charge in [-0.1, -0.05) is 26.0 Å². The van der Waals surface area contributed by atoms with Crippen LogP contribution in [0.4, 0.5) is 5.69 Å². The first-order chi connectivity index (χ1) is 22.5.